The molecule has 2 rings (SSSR count). The number of likely N-dealkylation sites (N-methyl/N-ethyl adjacent to an activating group) is 1. The Labute approximate surface area is 117 Å². The molecule has 0 heterocycles. The molecule has 1 aromatic carbocycles. The summed E-state index contributed by atoms with van der Waals surface area (Å²) in [5, 5.41) is 2.91. The van der Waals surface area contributed by atoms with Gasteiger partial charge in [0, 0.05) is 18.8 Å². The number of ether oxygens (including phenoxy) is 1. The van der Waals surface area contributed by atoms with Gasteiger partial charge in [0.1, 0.15) is 0 Å². The number of hydrogen-bond acceptors (Lipinski definition) is 5. The van der Waals surface area contributed by atoms with Crippen LogP contribution in [0.5, 0.6) is 0 Å². The molecule has 3 N–H and O–H groups in total. The first-order valence-electron chi connectivity index (χ1n) is 6.49. The summed E-state index contributed by atoms with van der Waals surface area (Å²) in [4.78, 5) is 25.3. The van der Waals surface area contributed by atoms with E-state index in [4.69, 9.17) is 10.5 Å². The van der Waals surface area contributed by atoms with Crippen molar-refractivity contribution in [3.8, 4) is 0 Å². The maximum atomic E-state index is 11.8. The molecule has 0 bridgehead atoms. The number of carbonyl (C=O) groups excluding carboxylic acids is 2. The zero-order chi connectivity index (χ0) is 14.7. The number of nitrogens with two attached hydrogens (primary N) is 1. The third-order valence-corrected chi connectivity index (χ3v) is 3.16. The molecule has 1 aliphatic carbocycles. The molecule has 108 valence electrons. The Kier molecular flexibility index (Phi) is 4.12. The number of nitrogen functional groups attached to an aromatic ring is 1. The Hall–Kier alpha value is -2.24. The van der Waals surface area contributed by atoms with Crippen molar-refractivity contribution < 1.29 is 14.3 Å². The van der Waals surface area contributed by atoms with Crippen LogP contribution in [-0.2, 0) is 9.53 Å². The predicted octanol–water partition coefficient (Wildman–Crippen LogP) is 0.770. The monoisotopic (exact) mass is 277 g/mol. The highest BCUT2D eigenvalue weighted by Crippen LogP contribution is 2.23. The van der Waals surface area contributed by atoms with Crippen LogP contribution < -0.4 is 16.0 Å². The van der Waals surface area contributed by atoms with E-state index in [0.717, 1.165) is 12.8 Å². The van der Waals surface area contributed by atoms with Crippen molar-refractivity contribution in [1.29, 1.82) is 0 Å². The van der Waals surface area contributed by atoms with Gasteiger partial charge in [0.25, 0.3) is 0 Å². The van der Waals surface area contributed by atoms with Gasteiger partial charge < -0.3 is 20.7 Å². The Bertz CT molecular complexity index is 526. The van der Waals surface area contributed by atoms with Crippen LogP contribution in [0.15, 0.2) is 18.2 Å². The summed E-state index contributed by atoms with van der Waals surface area (Å²) < 4.78 is 4.74. The number of anilines is 2. The van der Waals surface area contributed by atoms with Crippen LogP contribution >= 0.6 is 0 Å². The number of rotatable bonds is 5. The molecule has 1 aromatic rings. The van der Waals surface area contributed by atoms with Gasteiger partial charge in [-0.1, -0.05) is 0 Å². The van der Waals surface area contributed by atoms with E-state index in [0.29, 0.717) is 23.0 Å². The van der Waals surface area contributed by atoms with Crippen LogP contribution in [0.2, 0.25) is 0 Å². The minimum absolute atomic E-state index is 0.0531. The summed E-state index contributed by atoms with van der Waals surface area (Å²) in [6.07, 6.45) is 2.09. The molecule has 1 aliphatic rings. The minimum atomic E-state index is -0.471. The maximum Gasteiger partial charge on any atom is 0.340 e. The molecular formula is C14H19N3O3. The SMILES string of the molecule is COC(=O)c1cc(N)ccc1N(C)CC(=O)NC1CC1. The van der Waals surface area contributed by atoms with Gasteiger partial charge in [-0.15, -0.1) is 0 Å². The van der Waals surface area contributed by atoms with Gasteiger partial charge in [0.2, 0.25) is 5.91 Å². The second-order valence-electron chi connectivity index (χ2n) is 4.97. The van der Waals surface area contributed by atoms with Gasteiger partial charge in [-0.25, -0.2) is 4.79 Å². The standard InChI is InChI=1S/C14H19N3O3/c1-17(8-13(18)16-10-4-5-10)12-6-3-9(15)7-11(12)14(19)20-2/h3,6-7,10H,4-5,8,15H2,1-2H3,(H,16,18). The Balaban J connectivity index is 2.13. The summed E-state index contributed by atoms with van der Waals surface area (Å²) in [7, 11) is 3.07. The zero-order valence-corrected chi connectivity index (χ0v) is 11.7. The molecule has 0 aromatic heterocycles. The molecule has 0 atom stereocenters. The predicted molar refractivity (Wildman–Crippen MR) is 76.6 cm³/mol. The van der Waals surface area contributed by atoms with Gasteiger partial charge in [-0.05, 0) is 31.0 Å². The van der Waals surface area contributed by atoms with Gasteiger partial charge in [0.05, 0.1) is 24.9 Å². The first-order chi connectivity index (χ1) is 9.51. The molecule has 1 fully saturated rings. The van der Waals surface area contributed by atoms with Crippen molar-refractivity contribution in [3.63, 3.8) is 0 Å². The van der Waals surface area contributed by atoms with Crippen LogP contribution in [0.3, 0.4) is 0 Å². The lowest BCUT2D eigenvalue weighted by atomic mass is 10.1. The van der Waals surface area contributed by atoms with Crippen molar-refractivity contribution in [2.45, 2.75) is 18.9 Å². The van der Waals surface area contributed by atoms with E-state index >= 15 is 0 Å². The lowest BCUT2D eigenvalue weighted by Gasteiger charge is -2.21. The average Bonchev–Trinajstić information content (AvgIpc) is 3.21. The quantitative estimate of drug-likeness (QED) is 0.613. The molecule has 1 amide bonds. The Morgan fingerprint density at radius 2 is 2.15 bits per heavy atom. The zero-order valence-electron chi connectivity index (χ0n) is 11.7. The number of amides is 1. The maximum absolute atomic E-state index is 11.8. The topological polar surface area (TPSA) is 84.7 Å². The van der Waals surface area contributed by atoms with E-state index in [9.17, 15) is 9.59 Å². The van der Waals surface area contributed by atoms with Crippen molar-refractivity contribution in [2.75, 3.05) is 31.3 Å². The van der Waals surface area contributed by atoms with E-state index in [1.54, 1.807) is 30.1 Å². The van der Waals surface area contributed by atoms with Crippen molar-refractivity contribution in [3.05, 3.63) is 23.8 Å². The fraction of sp³-hybridized carbons (Fsp3) is 0.429. The number of nitrogens with one attached hydrogen (secondary N) is 1. The lowest BCUT2D eigenvalue weighted by molar-refractivity contribution is -0.119. The second kappa shape index (κ2) is 5.81. The van der Waals surface area contributed by atoms with Crippen molar-refractivity contribution in [2.24, 2.45) is 0 Å². The fourth-order valence-corrected chi connectivity index (χ4v) is 1.96. The average molecular weight is 277 g/mol. The van der Waals surface area contributed by atoms with E-state index in [1.165, 1.54) is 7.11 Å². The van der Waals surface area contributed by atoms with Crippen molar-refractivity contribution in [1.82, 2.24) is 5.32 Å². The first kappa shape index (κ1) is 14.2. The third kappa shape index (κ3) is 3.40. The molecule has 0 radical (unpaired) electrons. The van der Waals surface area contributed by atoms with Gasteiger partial charge >= 0.3 is 5.97 Å². The number of nitrogens with zero attached hydrogens (tertiary/aromatic N) is 1. The summed E-state index contributed by atoms with van der Waals surface area (Å²) in [5.41, 5.74) is 7.14. The van der Waals surface area contributed by atoms with Crippen LogP contribution in [0.4, 0.5) is 11.4 Å². The summed E-state index contributed by atoms with van der Waals surface area (Å²) >= 11 is 0. The molecular weight excluding hydrogens is 258 g/mol. The Morgan fingerprint density at radius 3 is 2.75 bits per heavy atom. The number of carbonyl (C=O) groups is 2. The molecule has 1 saturated carbocycles. The minimum Gasteiger partial charge on any atom is -0.465 e. The van der Waals surface area contributed by atoms with E-state index < -0.39 is 5.97 Å². The molecule has 6 nitrogen and oxygen atoms in total. The second-order valence-corrected chi connectivity index (χ2v) is 4.97. The van der Waals surface area contributed by atoms with Crippen LogP contribution in [0, 0.1) is 0 Å². The normalized spacial score (nSPS) is 13.7. The van der Waals surface area contributed by atoms with Crippen LogP contribution in [-0.4, -0.2) is 38.6 Å². The molecule has 6 heteroatoms. The van der Waals surface area contributed by atoms with Crippen LogP contribution in [0.1, 0.15) is 23.2 Å². The molecule has 0 spiro atoms. The third-order valence-electron chi connectivity index (χ3n) is 3.16. The van der Waals surface area contributed by atoms with E-state index in [-0.39, 0.29) is 12.5 Å². The summed E-state index contributed by atoms with van der Waals surface area (Å²) in [5.74, 6) is -0.524. The van der Waals surface area contributed by atoms with Crippen LogP contribution in [0.25, 0.3) is 0 Å². The summed E-state index contributed by atoms with van der Waals surface area (Å²) in [6, 6.07) is 5.28. The van der Waals surface area contributed by atoms with Crippen molar-refractivity contribution >= 4 is 23.3 Å². The lowest BCUT2D eigenvalue weighted by Crippen LogP contribution is -2.36. The highest BCUT2D eigenvalue weighted by molar-refractivity contribution is 5.97. The van der Waals surface area contributed by atoms with E-state index in [1.807, 2.05) is 0 Å². The number of hydrogen-bond donors (Lipinski definition) is 2. The van der Waals surface area contributed by atoms with Gasteiger partial charge in [-0.2, -0.15) is 0 Å². The smallest absolute Gasteiger partial charge is 0.340 e. The Morgan fingerprint density at radius 1 is 1.45 bits per heavy atom. The number of methoxy groups -OCH3 is 1. The van der Waals surface area contributed by atoms with Gasteiger partial charge in [0.15, 0.2) is 0 Å². The summed E-state index contributed by atoms with van der Waals surface area (Å²) in [6.45, 7) is 0.185. The molecule has 0 saturated heterocycles. The molecule has 0 unspecified atom stereocenters. The first-order valence-corrected chi connectivity index (χ1v) is 6.49. The highest BCUT2D eigenvalue weighted by Gasteiger charge is 2.24. The molecule has 0 aliphatic heterocycles. The number of benzene rings is 1. The number of esters is 1. The fourth-order valence-electron chi connectivity index (χ4n) is 1.96. The highest BCUT2D eigenvalue weighted by atomic mass is 16.5. The largest absolute Gasteiger partial charge is 0.465 e. The molecule has 20 heavy (non-hydrogen) atoms. The van der Waals surface area contributed by atoms with Gasteiger partial charge in [-0.3, -0.25) is 4.79 Å². The van der Waals surface area contributed by atoms with E-state index in [2.05, 4.69) is 5.32 Å².